The number of sulfonamides is 1. The van der Waals surface area contributed by atoms with Gasteiger partial charge in [0.05, 0.1) is 11.9 Å². The van der Waals surface area contributed by atoms with Crippen LogP contribution in [0.15, 0.2) is 42.5 Å². The lowest BCUT2D eigenvalue weighted by atomic mass is 10.1. The highest BCUT2D eigenvalue weighted by Crippen LogP contribution is 2.26. The monoisotopic (exact) mass is 541 g/mol. The number of benzene rings is 2. The van der Waals surface area contributed by atoms with E-state index in [1.807, 2.05) is 13.8 Å². The van der Waals surface area contributed by atoms with Gasteiger partial charge in [0.25, 0.3) is 0 Å². The average molecular weight is 543 g/mol. The summed E-state index contributed by atoms with van der Waals surface area (Å²) in [6, 6.07) is 11.0. The molecule has 0 aliphatic heterocycles. The molecule has 35 heavy (non-hydrogen) atoms. The van der Waals surface area contributed by atoms with Crippen LogP contribution in [0.3, 0.4) is 0 Å². The SMILES string of the molecule is CC[C@H](C)NC(=O)[C@H](CC)N(Cc1ccc(Cl)cc1Cl)C(=O)CN(c1ccccc1C)S(C)(=O)=O. The number of carbonyl (C=O) groups excluding carboxylic acids is 2. The lowest BCUT2D eigenvalue weighted by Gasteiger charge is -2.33. The fraction of sp³-hybridized carbons (Fsp3) is 0.440. The maximum atomic E-state index is 13.7. The van der Waals surface area contributed by atoms with E-state index < -0.39 is 28.5 Å². The van der Waals surface area contributed by atoms with Gasteiger partial charge in [-0.05, 0) is 56.0 Å². The third-order valence-corrected chi connectivity index (χ3v) is 7.52. The van der Waals surface area contributed by atoms with E-state index in [2.05, 4.69) is 5.32 Å². The van der Waals surface area contributed by atoms with Crippen molar-refractivity contribution in [2.24, 2.45) is 0 Å². The van der Waals surface area contributed by atoms with Crippen LogP contribution in [0.4, 0.5) is 5.69 Å². The van der Waals surface area contributed by atoms with Crippen LogP contribution >= 0.6 is 23.2 Å². The Kier molecular flexibility index (Phi) is 10.4. The highest BCUT2D eigenvalue weighted by Gasteiger charge is 2.32. The van der Waals surface area contributed by atoms with Gasteiger partial charge in [0, 0.05) is 22.6 Å². The number of nitrogens with zero attached hydrogens (tertiary/aromatic N) is 2. The van der Waals surface area contributed by atoms with Crippen LogP contribution in [0.5, 0.6) is 0 Å². The molecule has 2 aromatic carbocycles. The van der Waals surface area contributed by atoms with Crippen molar-refractivity contribution >= 4 is 50.7 Å². The molecule has 0 saturated carbocycles. The summed E-state index contributed by atoms with van der Waals surface area (Å²) >= 11 is 12.4. The highest BCUT2D eigenvalue weighted by atomic mass is 35.5. The van der Waals surface area contributed by atoms with Crippen molar-refractivity contribution in [3.05, 3.63) is 63.6 Å². The Bertz CT molecular complexity index is 1160. The second-order valence-electron chi connectivity index (χ2n) is 8.56. The van der Waals surface area contributed by atoms with E-state index in [4.69, 9.17) is 23.2 Å². The molecule has 2 amide bonds. The Labute approximate surface area is 218 Å². The number of hydrogen-bond donors (Lipinski definition) is 1. The summed E-state index contributed by atoms with van der Waals surface area (Å²) in [5.41, 5.74) is 1.71. The minimum Gasteiger partial charge on any atom is -0.352 e. The Balaban J connectivity index is 2.49. The highest BCUT2D eigenvalue weighted by molar-refractivity contribution is 7.92. The number of nitrogens with one attached hydrogen (secondary N) is 1. The van der Waals surface area contributed by atoms with Crippen molar-refractivity contribution in [1.29, 1.82) is 0 Å². The van der Waals surface area contributed by atoms with Crippen LogP contribution in [0.25, 0.3) is 0 Å². The third kappa shape index (κ3) is 7.85. The Hall–Kier alpha value is -2.29. The summed E-state index contributed by atoms with van der Waals surface area (Å²) in [5.74, 6) is -0.821. The normalized spacial score (nSPS) is 13.1. The number of amides is 2. The van der Waals surface area contributed by atoms with Gasteiger partial charge < -0.3 is 10.2 Å². The molecule has 0 spiro atoms. The summed E-state index contributed by atoms with van der Waals surface area (Å²) in [4.78, 5) is 28.2. The zero-order valence-electron chi connectivity index (χ0n) is 20.7. The molecule has 0 bridgehead atoms. The van der Waals surface area contributed by atoms with E-state index in [0.29, 0.717) is 33.3 Å². The van der Waals surface area contributed by atoms with Crippen molar-refractivity contribution in [3.8, 4) is 0 Å². The predicted octanol–water partition coefficient (Wildman–Crippen LogP) is 4.79. The van der Waals surface area contributed by atoms with E-state index in [1.54, 1.807) is 56.3 Å². The molecule has 0 aliphatic rings. The van der Waals surface area contributed by atoms with E-state index in [1.165, 1.54) is 4.90 Å². The first-order valence-corrected chi connectivity index (χ1v) is 14.1. The summed E-state index contributed by atoms with van der Waals surface area (Å²) in [6.45, 7) is 6.98. The molecule has 0 aromatic heterocycles. The number of para-hydroxylation sites is 1. The summed E-state index contributed by atoms with van der Waals surface area (Å²) in [7, 11) is -3.79. The van der Waals surface area contributed by atoms with E-state index in [0.717, 1.165) is 17.0 Å². The molecule has 2 aromatic rings. The minimum atomic E-state index is -3.79. The topological polar surface area (TPSA) is 86.8 Å². The summed E-state index contributed by atoms with van der Waals surface area (Å²) in [6.07, 6.45) is 2.12. The molecule has 2 rings (SSSR count). The molecule has 1 N–H and O–H groups in total. The van der Waals surface area contributed by atoms with Crippen LogP contribution in [-0.4, -0.2) is 50.0 Å². The summed E-state index contributed by atoms with van der Waals surface area (Å²) in [5, 5.41) is 3.73. The number of anilines is 1. The van der Waals surface area contributed by atoms with Gasteiger partial charge in [0.1, 0.15) is 12.6 Å². The Morgan fingerprint density at radius 1 is 1.06 bits per heavy atom. The first kappa shape index (κ1) is 28.9. The number of halogens is 2. The third-order valence-electron chi connectivity index (χ3n) is 5.81. The summed E-state index contributed by atoms with van der Waals surface area (Å²) < 4.78 is 26.4. The average Bonchev–Trinajstić information content (AvgIpc) is 2.78. The zero-order chi connectivity index (χ0) is 26.3. The molecule has 0 radical (unpaired) electrons. The smallest absolute Gasteiger partial charge is 0.244 e. The standard InChI is InChI=1S/C25H33Cl2N3O4S/c1-6-18(4)28-25(32)22(7-2)29(15-19-12-13-20(26)14-21(19)27)24(31)16-30(35(5,33)34)23-11-9-8-10-17(23)3/h8-14,18,22H,6-7,15-16H2,1-5H3,(H,28,32)/t18-,22-/m0/s1. The molecular formula is C25H33Cl2N3O4S. The van der Waals surface area contributed by atoms with Crippen molar-refractivity contribution in [2.45, 2.75) is 59.2 Å². The number of rotatable bonds is 11. The van der Waals surface area contributed by atoms with Gasteiger partial charge in [-0.15, -0.1) is 0 Å². The van der Waals surface area contributed by atoms with Crippen molar-refractivity contribution < 1.29 is 18.0 Å². The van der Waals surface area contributed by atoms with Crippen LogP contribution in [0.1, 0.15) is 44.7 Å². The first-order chi connectivity index (χ1) is 16.4. The number of hydrogen-bond acceptors (Lipinski definition) is 4. The molecule has 0 fully saturated rings. The Morgan fingerprint density at radius 3 is 2.26 bits per heavy atom. The molecule has 192 valence electrons. The van der Waals surface area contributed by atoms with E-state index in [-0.39, 0.29) is 18.5 Å². The minimum absolute atomic E-state index is 0.0205. The molecule has 0 unspecified atom stereocenters. The lowest BCUT2D eigenvalue weighted by Crippen LogP contribution is -2.53. The van der Waals surface area contributed by atoms with Crippen molar-refractivity contribution in [1.82, 2.24) is 10.2 Å². The fourth-order valence-electron chi connectivity index (χ4n) is 3.63. The van der Waals surface area contributed by atoms with Crippen LogP contribution < -0.4 is 9.62 Å². The van der Waals surface area contributed by atoms with Gasteiger partial charge in [-0.25, -0.2) is 8.42 Å². The van der Waals surface area contributed by atoms with Gasteiger partial charge >= 0.3 is 0 Å². The molecule has 10 heteroatoms. The van der Waals surface area contributed by atoms with Crippen LogP contribution in [-0.2, 0) is 26.2 Å². The fourth-order valence-corrected chi connectivity index (χ4v) is 5.01. The second kappa shape index (κ2) is 12.6. The maximum absolute atomic E-state index is 13.7. The molecule has 0 heterocycles. The van der Waals surface area contributed by atoms with Gasteiger partial charge in [-0.3, -0.25) is 13.9 Å². The van der Waals surface area contributed by atoms with Gasteiger partial charge in [-0.2, -0.15) is 0 Å². The maximum Gasteiger partial charge on any atom is 0.244 e. The first-order valence-electron chi connectivity index (χ1n) is 11.5. The van der Waals surface area contributed by atoms with E-state index in [9.17, 15) is 18.0 Å². The number of aryl methyl sites for hydroxylation is 1. The van der Waals surface area contributed by atoms with E-state index >= 15 is 0 Å². The molecular weight excluding hydrogens is 509 g/mol. The molecule has 0 saturated heterocycles. The van der Waals surface area contributed by atoms with Gasteiger partial charge in [-0.1, -0.05) is 61.3 Å². The van der Waals surface area contributed by atoms with Crippen LogP contribution in [0.2, 0.25) is 10.0 Å². The lowest BCUT2D eigenvalue weighted by molar-refractivity contribution is -0.140. The van der Waals surface area contributed by atoms with Crippen LogP contribution in [0, 0.1) is 6.92 Å². The Morgan fingerprint density at radius 2 is 1.71 bits per heavy atom. The van der Waals surface area contributed by atoms with Gasteiger partial charge in [0.2, 0.25) is 21.8 Å². The molecule has 7 nitrogen and oxygen atoms in total. The number of carbonyl (C=O) groups is 2. The predicted molar refractivity (Wildman–Crippen MR) is 142 cm³/mol. The van der Waals surface area contributed by atoms with Crippen molar-refractivity contribution in [2.75, 3.05) is 17.1 Å². The molecule has 2 atom stereocenters. The van der Waals surface area contributed by atoms with Crippen molar-refractivity contribution in [3.63, 3.8) is 0 Å². The second-order valence-corrected chi connectivity index (χ2v) is 11.3. The largest absolute Gasteiger partial charge is 0.352 e. The quantitative estimate of drug-likeness (QED) is 0.443. The zero-order valence-corrected chi connectivity index (χ0v) is 23.0. The molecule has 0 aliphatic carbocycles. The van der Waals surface area contributed by atoms with Gasteiger partial charge in [0.15, 0.2) is 0 Å².